The number of rotatable bonds is 5. The Morgan fingerprint density at radius 3 is 2.81 bits per heavy atom. The summed E-state index contributed by atoms with van der Waals surface area (Å²) in [7, 11) is -1.32. The van der Waals surface area contributed by atoms with Crippen molar-refractivity contribution in [3.05, 3.63) is 11.9 Å². The summed E-state index contributed by atoms with van der Waals surface area (Å²) in [6, 6.07) is 0. The minimum atomic E-state index is -3.14. The molecule has 0 bridgehead atoms. The Labute approximate surface area is 130 Å². The van der Waals surface area contributed by atoms with Crippen LogP contribution in [0.2, 0.25) is 0 Å². The summed E-state index contributed by atoms with van der Waals surface area (Å²) in [5.41, 5.74) is 0.975. The summed E-state index contributed by atoms with van der Waals surface area (Å²) in [5, 5.41) is 2.57. The van der Waals surface area contributed by atoms with Gasteiger partial charge in [0.25, 0.3) is 0 Å². The molecule has 2 rings (SSSR count). The van der Waals surface area contributed by atoms with Gasteiger partial charge in [-0.25, -0.2) is 18.4 Å². The third-order valence-electron chi connectivity index (χ3n) is 3.69. The molecule has 1 atom stereocenters. The van der Waals surface area contributed by atoms with E-state index < -0.39 is 15.2 Å². The number of thioether (sulfide) groups is 1. The van der Waals surface area contributed by atoms with Gasteiger partial charge in [0.1, 0.15) is 23.3 Å². The van der Waals surface area contributed by atoms with Gasteiger partial charge < -0.3 is 10.2 Å². The quantitative estimate of drug-likeness (QED) is 0.874. The van der Waals surface area contributed by atoms with Gasteiger partial charge in [0, 0.05) is 36.4 Å². The number of hydrogen-bond acceptors (Lipinski definition) is 7. The van der Waals surface area contributed by atoms with E-state index in [0.717, 1.165) is 29.4 Å². The van der Waals surface area contributed by atoms with Crippen molar-refractivity contribution >= 4 is 33.2 Å². The third-order valence-corrected chi connectivity index (χ3v) is 6.98. The first-order valence-corrected chi connectivity index (χ1v) is 9.99. The molecule has 1 saturated heterocycles. The Morgan fingerprint density at radius 1 is 1.43 bits per heavy atom. The third kappa shape index (κ3) is 3.26. The van der Waals surface area contributed by atoms with Crippen LogP contribution < -0.4 is 10.2 Å². The van der Waals surface area contributed by atoms with Crippen LogP contribution in [0.4, 0.5) is 11.6 Å². The largest absolute Gasteiger partial charge is 0.373 e. The summed E-state index contributed by atoms with van der Waals surface area (Å²) in [6.45, 7) is 4.43. The number of anilines is 2. The average Bonchev–Trinajstić information content (AvgIpc) is 2.53. The highest BCUT2D eigenvalue weighted by molar-refractivity contribution is 8.01. The maximum Gasteiger partial charge on any atom is 0.171 e. The van der Waals surface area contributed by atoms with Crippen molar-refractivity contribution in [1.29, 1.82) is 0 Å². The molecule has 0 radical (unpaired) electrons. The first-order chi connectivity index (χ1) is 10.0. The zero-order valence-corrected chi connectivity index (χ0v) is 14.3. The van der Waals surface area contributed by atoms with Gasteiger partial charge in [-0.3, -0.25) is 0 Å². The number of aromatic nitrogens is 2. The molecule has 118 valence electrons. The lowest BCUT2D eigenvalue weighted by molar-refractivity contribution is 0.578. The van der Waals surface area contributed by atoms with E-state index in [1.54, 1.807) is 18.7 Å². The molecular formula is C13H22N4O2S2. The lowest BCUT2D eigenvalue weighted by atomic mass is 10.2. The molecule has 1 N–H and O–H groups in total. The van der Waals surface area contributed by atoms with Gasteiger partial charge in [0.2, 0.25) is 0 Å². The minimum Gasteiger partial charge on any atom is -0.373 e. The number of nitrogens with one attached hydrogen (secondary N) is 1. The second kappa shape index (κ2) is 6.83. The molecule has 1 aromatic rings. The van der Waals surface area contributed by atoms with Crippen molar-refractivity contribution in [3.63, 3.8) is 0 Å². The summed E-state index contributed by atoms with van der Waals surface area (Å²) in [4.78, 5) is 10.5. The van der Waals surface area contributed by atoms with Crippen molar-refractivity contribution < 1.29 is 8.42 Å². The highest BCUT2D eigenvalue weighted by atomic mass is 32.2. The monoisotopic (exact) mass is 330 g/mol. The standard InChI is InChI=1S/C13H22N4O2S2/c1-4-10-12(14-3)15-9-16-13(10)17-6-7-20-8-11(17)21(18,19)5-2/h9,11H,4-8H2,1-3H3,(H,14,15,16). The molecule has 0 saturated carbocycles. The van der Waals surface area contributed by atoms with E-state index in [2.05, 4.69) is 15.3 Å². The zero-order chi connectivity index (χ0) is 15.5. The van der Waals surface area contributed by atoms with E-state index in [4.69, 9.17) is 0 Å². The summed E-state index contributed by atoms with van der Waals surface area (Å²) < 4.78 is 24.8. The van der Waals surface area contributed by atoms with Gasteiger partial charge in [0.15, 0.2) is 9.84 Å². The average molecular weight is 330 g/mol. The number of hydrogen-bond donors (Lipinski definition) is 1. The van der Waals surface area contributed by atoms with Crippen LogP contribution >= 0.6 is 11.8 Å². The second-order valence-corrected chi connectivity index (χ2v) is 8.40. The minimum absolute atomic E-state index is 0.153. The first kappa shape index (κ1) is 16.4. The molecule has 8 heteroatoms. The van der Waals surface area contributed by atoms with Crippen LogP contribution in [0.15, 0.2) is 6.33 Å². The maximum absolute atomic E-state index is 12.4. The van der Waals surface area contributed by atoms with Crippen molar-refractivity contribution in [3.8, 4) is 0 Å². The molecule has 21 heavy (non-hydrogen) atoms. The Bertz CT molecular complexity index is 592. The highest BCUT2D eigenvalue weighted by Crippen LogP contribution is 2.30. The lowest BCUT2D eigenvalue weighted by Gasteiger charge is -2.36. The SMILES string of the molecule is CCc1c(NC)ncnc1N1CCSCC1S(=O)(=O)CC. The molecule has 1 aliphatic heterocycles. The first-order valence-electron chi connectivity index (χ1n) is 7.12. The van der Waals surface area contributed by atoms with Crippen molar-refractivity contribution in [2.45, 2.75) is 25.6 Å². The molecule has 2 heterocycles. The normalized spacial score (nSPS) is 19.6. The van der Waals surface area contributed by atoms with Crippen molar-refractivity contribution in [1.82, 2.24) is 9.97 Å². The van der Waals surface area contributed by atoms with E-state index in [0.29, 0.717) is 12.3 Å². The molecule has 1 unspecified atom stereocenters. The summed E-state index contributed by atoms with van der Waals surface area (Å²) in [6.07, 6.45) is 2.26. The van der Waals surface area contributed by atoms with Crippen LogP contribution in [0.5, 0.6) is 0 Å². The fourth-order valence-electron chi connectivity index (χ4n) is 2.50. The molecule has 1 fully saturated rings. The van der Waals surface area contributed by atoms with Gasteiger partial charge >= 0.3 is 0 Å². The van der Waals surface area contributed by atoms with Crippen molar-refractivity contribution in [2.75, 3.05) is 41.1 Å². The Balaban J connectivity index is 2.47. The van der Waals surface area contributed by atoms with Gasteiger partial charge in [-0.15, -0.1) is 0 Å². The topological polar surface area (TPSA) is 75.2 Å². The molecule has 0 spiro atoms. The van der Waals surface area contributed by atoms with Crippen molar-refractivity contribution in [2.24, 2.45) is 0 Å². The predicted octanol–water partition coefficient (Wildman–Crippen LogP) is 1.39. The van der Waals surface area contributed by atoms with Crippen LogP contribution in [-0.4, -0.2) is 54.6 Å². The molecule has 0 amide bonds. The van der Waals surface area contributed by atoms with Gasteiger partial charge in [-0.2, -0.15) is 11.8 Å². The van der Waals surface area contributed by atoms with Gasteiger partial charge in [0.05, 0.1) is 0 Å². The van der Waals surface area contributed by atoms with Crippen LogP contribution in [0.3, 0.4) is 0 Å². The van der Waals surface area contributed by atoms with Gasteiger partial charge in [-0.05, 0) is 6.42 Å². The lowest BCUT2D eigenvalue weighted by Crippen LogP contribution is -2.48. The van der Waals surface area contributed by atoms with Crippen LogP contribution in [0.25, 0.3) is 0 Å². The summed E-state index contributed by atoms with van der Waals surface area (Å²) >= 11 is 1.69. The number of sulfone groups is 1. The smallest absolute Gasteiger partial charge is 0.171 e. The fraction of sp³-hybridized carbons (Fsp3) is 0.692. The Morgan fingerprint density at radius 2 is 2.19 bits per heavy atom. The van der Waals surface area contributed by atoms with Crippen LogP contribution in [-0.2, 0) is 16.3 Å². The highest BCUT2D eigenvalue weighted by Gasteiger charge is 2.35. The van der Waals surface area contributed by atoms with Crippen LogP contribution in [0, 0.1) is 0 Å². The second-order valence-electron chi connectivity index (χ2n) is 4.80. The molecule has 0 aromatic carbocycles. The molecule has 1 aromatic heterocycles. The predicted molar refractivity (Wildman–Crippen MR) is 88.9 cm³/mol. The molecular weight excluding hydrogens is 308 g/mol. The number of nitrogens with zero attached hydrogens (tertiary/aromatic N) is 3. The Hall–Kier alpha value is -1.02. The Kier molecular flexibility index (Phi) is 5.32. The van der Waals surface area contributed by atoms with E-state index in [1.807, 2.05) is 18.9 Å². The van der Waals surface area contributed by atoms with E-state index in [9.17, 15) is 8.42 Å². The van der Waals surface area contributed by atoms with E-state index >= 15 is 0 Å². The zero-order valence-electron chi connectivity index (χ0n) is 12.7. The molecule has 0 aliphatic carbocycles. The van der Waals surface area contributed by atoms with Gasteiger partial charge in [-0.1, -0.05) is 13.8 Å². The fourth-order valence-corrected chi connectivity index (χ4v) is 5.47. The molecule has 6 nitrogen and oxygen atoms in total. The van der Waals surface area contributed by atoms with E-state index in [-0.39, 0.29) is 5.75 Å². The van der Waals surface area contributed by atoms with E-state index in [1.165, 1.54) is 6.33 Å². The maximum atomic E-state index is 12.4. The summed E-state index contributed by atoms with van der Waals surface area (Å²) in [5.74, 6) is 3.18. The molecule has 1 aliphatic rings. The van der Waals surface area contributed by atoms with Crippen LogP contribution in [0.1, 0.15) is 19.4 Å².